The van der Waals surface area contributed by atoms with Gasteiger partial charge in [-0.25, -0.2) is 0 Å². The molecular formula is C15H24ClN3O3. The Balaban J connectivity index is 0.00000176. The van der Waals surface area contributed by atoms with Gasteiger partial charge in [-0.05, 0) is 12.8 Å². The van der Waals surface area contributed by atoms with E-state index in [1.165, 1.54) is 4.90 Å². The van der Waals surface area contributed by atoms with Crippen molar-refractivity contribution < 1.29 is 14.4 Å². The number of halogens is 1. The summed E-state index contributed by atoms with van der Waals surface area (Å²) in [5, 5.41) is 6.03. The molecule has 3 fully saturated rings. The quantitative estimate of drug-likeness (QED) is 0.712. The van der Waals surface area contributed by atoms with Crippen molar-refractivity contribution in [3.8, 4) is 0 Å². The molecule has 2 atom stereocenters. The maximum atomic E-state index is 12.2. The average Bonchev–Trinajstić information content (AvgIpc) is 2.68. The second kappa shape index (κ2) is 7.42. The van der Waals surface area contributed by atoms with E-state index in [0.29, 0.717) is 12.5 Å². The van der Waals surface area contributed by atoms with Crippen molar-refractivity contribution in [3.05, 3.63) is 0 Å². The lowest BCUT2D eigenvalue weighted by molar-refractivity contribution is -0.140. The largest absolute Gasteiger partial charge is 0.356 e. The minimum atomic E-state index is -0.115. The van der Waals surface area contributed by atoms with E-state index in [1.54, 1.807) is 0 Å². The number of fused-ring (bicyclic) bond motifs is 1. The lowest BCUT2D eigenvalue weighted by Crippen LogP contribution is -2.48. The smallest absolute Gasteiger partial charge is 0.233 e. The first kappa shape index (κ1) is 17.2. The minimum Gasteiger partial charge on any atom is -0.356 e. The molecule has 7 heteroatoms. The van der Waals surface area contributed by atoms with Gasteiger partial charge in [0.1, 0.15) is 0 Å². The van der Waals surface area contributed by atoms with Crippen LogP contribution in [0.5, 0.6) is 0 Å². The zero-order valence-electron chi connectivity index (χ0n) is 12.7. The Labute approximate surface area is 136 Å². The fourth-order valence-electron chi connectivity index (χ4n) is 3.50. The summed E-state index contributed by atoms with van der Waals surface area (Å²) in [6, 6.07) is 0. The fraction of sp³-hybridized carbons (Fsp3) is 0.800. The number of nitrogens with zero attached hydrogens (tertiary/aromatic N) is 1. The third kappa shape index (κ3) is 3.43. The van der Waals surface area contributed by atoms with Crippen LogP contribution in [0.2, 0.25) is 0 Å². The molecule has 1 aliphatic carbocycles. The predicted molar refractivity (Wildman–Crippen MR) is 83.4 cm³/mol. The van der Waals surface area contributed by atoms with Crippen molar-refractivity contribution in [3.63, 3.8) is 0 Å². The molecule has 124 valence electrons. The van der Waals surface area contributed by atoms with Crippen molar-refractivity contribution in [2.75, 3.05) is 26.2 Å². The van der Waals surface area contributed by atoms with Crippen LogP contribution in [0, 0.1) is 17.8 Å². The van der Waals surface area contributed by atoms with E-state index in [9.17, 15) is 14.4 Å². The first-order valence-electron chi connectivity index (χ1n) is 7.99. The van der Waals surface area contributed by atoms with E-state index in [-0.39, 0.29) is 54.9 Å². The minimum absolute atomic E-state index is 0. The van der Waals surface area contributed by atoms with Crippen LogP contribution in [0.15, 0.2) is 0 Å². The molecule has 2 saturated heterocycles. The average molecular weight is 330 g/mol. The van der Waals surface area contributed by atoms with E-state index in [0.717, 1.165) is 38.8 Å². The van der Waals surface area contributed by atoms with Crippen molar-refractivity contribution in [2.45, 2.75) is 32.1 Å². The Bertz CT molecular complexity index is 429. The first-order chi connectivity index (χ1) is 10.2. The fourth-order valence-corrected chi connectivity index (χ4v) is 3.50. The highest BCUT2D eigenvalue weighted by molar-refractivity contribution is 6.05. The third-order valence-electron chi connectivity index (χ3n) is 4.95. The zero-order chi connectivity index (χ0) is 14.8. The van der Waals surface area contributed by atoms with Crippen molar-refractivity contribution in [1.29, 1.82) is 0 Å². The molecule has 1 saturated carbocycles. The van der Waals surface area contributed by atoms with Crippen molar-refractivity contribution in [1.82, 2.24) is 15.5 Å². The Morgan fingerprint density at radius 1 is 1.14 bits per heavy atom. The second-order valence-electron chi connectivity index (χ2n) is 6.40. The van der Waals surface area contributed by atoms with Gasteiger partial charge >= 0.3 is 0 Å². The Kier molecular flexibility index (Phi) is 5.81. The molecule has 2 unspecified atom stereocenters. The van der Waals surface area contributed by atoms with E-state index < -0.39 is 0 Å². The number of imide groups is 1. The van der Waals surface area contributed by atoms with E-state index >= 15 is 0 Å². The van der Waals surface area contributed by atoms with Gasteiger partial charge in [0.2, 0.25) is 17.7 Å². The molecule has 0 radical (unpaired) electrons. The summed E-state index contributed by atoms with van der Waals surface area (Å²) in [5.41, 5.74) is 0. The van der Waals surface area contributed by atoms with Crippen LogP contribution in [0.4, 0.5) is 0 Å². The maximum absolute atomic E-state index is 12.2. The van der Waals surface area contributed by atoms with Crippen molar-refractivity contribution in [2.24, 2.45) is 17.8 Å². The van der Waals surface area contributed by atoms with Gasteiger partial charge in [-0.2, -0.15) is 0 Å². The molecule has 0 aromatic heterocycles. The van der Waals surface area contributed by atoms with Gasteiger partial charge < -0.3 is 10.6 Å². The summed E-state index contributed by atoms with van der Waals surface area (Å²) in [5.74, 6) is 0.108. The van der Waals surface area contributed by atoms with Crippen LogP contribution >= 0.6 is 12.4 Å². The van der Waals surface area contributed by atoms with E-state index in [1.807, 2.05) is 0 Å². The molecule has 2 N–H and O–H groups in total. The predicted octanol–water partition coefficient (Wildman–Crippen LogP) is 0.309. The number of carbonyl (C=O) groups is 3. The first-order valence-corrected chi connectivity index (χ1v) is 7.99. The van der Waals surface area contributed by atoms with Gasteiger partial charge in [-0.3, -0.25) is 19.3 Å². The highest BCUT2D eigenvalue weighted by Crippen LogP contribution is 2.37. The maximum Gasteiger partial charge on any atom is 0.233 e. The van der Waals surface area contributed by atoms with Gasteiger partial charge in [0.05, 0.1) is 11.8 Å². The summed E-state index contributed by atoms with van der Waals surface area (Å²) < 4.78 is 0. The number of hydrogen-bond donors (Lipinski definition) is 2. The summed E-state index contributed by atoms with van der Waals surface area (Å²) >= 11 is 0. The second-order valence-corrected chi connectivity index (χ2v) is 6.40. The lowest BCUT2D eigenvalue weighted by Gasteiger charge is -2.27. The molecule has 3 aliphatic rings. The van der Waals surface area contributed by atoms with Crippen LogP contribution in [-0.2, 0) is 14.4 Å². The molecule has 0 spiro atoms. The Hall–Kier alpha value is -1.14. The molecule has 0 bridgehead atoms. The van der Waals surface area contributed by atoms with Gasteiger partial charge in [0.15, 0.2) is 0 Å². The topological polar surface area (TPSA) is 78.5 Å². The van der Waals surface area contributed by atoms with Crippen LogP contribution in [-0.4, -0.2) is 48.8 Å². The zero-order valence-corrected chi connectivity index (χ0v) is 13.5. The number of nitrogens with one attached hydrogen (secondary N) is 2. The number of amides is 3. The molecule has 3 amide bonds. The summed E-state index contributed by atoms with van der Waals surface area (Å²) in [6.07, 6.45) is 3.93. The number of hydrogen-bond acceptors (Lipinski definition) is 4. The molecule has 0 aromatic carbocycles. The van der Waals surface area contributed by atoms with E-state index in [4.69, 9.17) is 0 Å². The molecule has 22 heavy (non-hydrogen) atoms. The van der Waals surface area contributed by atoms with Crippen LogP contribution < -0.4 is 10.6 Å². The SMILES string of the molecule is Cl.O=C(CCN1C(=O)C2CCCCC2C1=O)NCC1CNC1. The number of likely N-dealkylation sites (tertiary alicyclic amines) is 1. The molecule has 2 heterocycles. The molecule has 2 aliphatic heterocycles. The number of carbonyl (C=O) groups excluding carboxylic acids is 3. The molecule has 6 nitrogen and oxygen atoms in total. The number of rotatable bonds is 5. The standard InChI is InChI=1S/C15H23N3O3.ClH/c19-13(17-9-10-7-16-8-10)5-6-18-14(20)11-3-1-2-4-12(11)15(18)21;/h10-12,16H,1-9H2,(H,17,19);1H. The molecular weight excluding hydrogens is 306 g/mol. The third-order valence-corrected chi connectivity index (χ3v) is 4.95. The monoisotopic (exact) mass is 329 g/mol. The highest BCUT2D eigenvalue weighted by Gasteiger charge is 2.47. The molecule has 0 aromatic rings. The van der Waals surface area contributed by atoms with Crippen LogP contribution in [0.25, 0.3) is 0 Å². The van der Waals surface area contributed by atoms with E-state index in [2.05, 4.69) is 10.6 Å². The highest BCUT2D eigenvalue weighted by atomic mass is 35.5. The van der Waals surface area contributed by atoms with Crippen LogP contribution in [0.1, 0.15) is 32.1 Å². The van der Waals surface area contributed by atoms with Gasteiger partial charge in [0.25, 0.3) is 0 Å². The normalized spacial score (nSPS) is 27.9. The summed E-state index contributed by atoms with van der Waals surface area (Å²) in [6.45, 7) is 2.82. The Morgan fingerprint density at radius 3 is 2.23 bits per heavy atom. The summed E-state index contributed by atoms with van der Waals surface area (Å²) in [4.78, 5) is 37.6. The lowest BCUT2D eigenvalue weighted by atomic mass is 9.81. The molecule has 3 rings (SSSR count). The Morgan fingerprint density at radius 2 is 1.73 bits per heavy atom. The van der Waals surface area contributed by atoms with Crippen molar-refractivity contribution >= 4 is 30.1 Å². The van der Waals surface area contributed by atoms with Gasteiger partial charge in [-0.15, -0.1) is 12.4 Å². The van der Waals surface area contributed by atoms with Gasteiger partial charge in [0, 0.05) is 38.5 Å². The summed E-state index contributed by atoms with van der Waals surface area (Å²) in [7, 11) is 0. The van der Waals surface area contributed by atoms with Gasteiger partial charge in [-0.1, -0.05) is 12.8 Å². The van der Waals surface area contributed by atoms with Crippen LogP contribution in [0.3, 0.4) is 0 Å².